The fraction of sp³-hybridized carbons (Fsp3) is 0.577. The summed E-state index contributed by atoms with van der Waals surface area (Å²) in [7, 11) is 0.707. The molecule has 1 saturated heterocycles. The lowest BCUT2D eigenvalue weighted by Gasteiger charge is -2.47. The van der Waals surface area contributed by atoms with Gasteiger partial charge in [0.15, 0.2) is 24.5 Å². The zero-order valence-corrected chi connectivity index (χ0v) is 23.3. The molecule has 2 aliphatic heterocycles. The van der Waals surface area contributed by atoms with E-state index in [-0.39, 0.29) is 24.2 Å². The van der Waals surface area contributed by atoms with Gasteiger partial charge in [0.1, 0.15) is 12.7 Å². The number of methoxy groups -OCH3 is 1. The van der Waals surface area contributed by atoms with Gasteiger partial charge in [0.2, 0.25) is 0 Å². The number of hydrogen-bond acceptors (Lipinski definition) is 13. The van der Waals surface area contributed by atoms with E-state index in [0.717, 1.165) is 39.8 Å². The molecule has 0 aliphatic carbocycles. The Morgan fingerprint density at radius 2 is 1.50 bits per heavy atom. The van der Waals surface area contributed by atoms with Gasteiger partial charge in [-0.3, -0.25) is 19.2 Å². The molecule has 1 N–H and O–H groups in total. The predicted octanol–water partition coefficient (Wildman–Crippen LogP) is 1.06. The number of hydrogen-bond donors (Lipinski definition) is 1. The number of esters is 5. The Bertz CT molecular complexity index is 1240. The van der Waals surface area contributed by atoms with E-state index in [2.05, 4.69) is 4.74 Å². The minimum absolute atomic E-state index is 0.0647. The second-order valence-corrected chi connectivity index (χ2v) is 9.58. The number of halogens is 3. The molecule has 0 unspecified atom stereocenters. The highest BCUT2D eigenvalue weighted by molar-refractivity contribution is 5.82. The Balaban J connectivity index is 2.10. The number of carbonyl (C=O) groups excluding carboxylic acids is 5. The molecule has 13 nitrogen and oxygen atoms in total. The van der Waals surface area contributed by atoms with Gasteiger partial charge in [-0.25, -0.2) is 4.79 Å². The molecule has 232 valence electrons. The zero-order valence-electron chi connectivity index (χ0n) is 23.3. The van der Waals surface area contributed by atoms with Crippen molar-refractivity contribution in [3.8, 4) is 0 Å². The van der Waals surface area contributed by atoms with Crippen LogP contribution in [0.5, 0.6) is 0 Å². The first-order valence-corrected chi connectivity index (χ1v) is 12.6. The molecule has 1 fully saturated rings. The van der Waals surface area contributed by atoms with Crippen molar-refractivity contribution in [3.05, 3.63) is 29.3 Å². The SMILES string of the molecule is COC(=O)[C@](O)(c1ccc2c(c1)CCN2[C@@H]1O[C@@H](COC(C)=O)[C@H](OC(C)=O)[C@H](OC(C)=O)[C@@H]1OC(C)=O)C(F)(F)F. The second-order valence-electron chi connectivity index (χ2n) is 9.58. The molecule has 3 rings (SSSR count). The van der Waals surface area contributed by atoms with E-state index in [9.17, 15) is 42.3 Å². The highest BCUT2D eigenvalue weighted by Gasteiger charge is 2.62. The number of anilines is 1. The summed E-state index contributed by atoms with van der Waals surface area (Å²) in [5.41, 5.74) is -4.21. The van der Waals surface area contributed by atoms with Crippen molar-refractivity contribution < 1.29 is 70.7 Å². The molecular formula is C26H30F3NO12. The van der Waals surface area contributed by atoms with Gasteiger partial charge in [0.25, 0.3) is 5.60 Å². The lowest BCUT2D eigenvalue weighted by molar-refractivity contribution is -0.266. The Labute approximate surface area is 237 Å². The third-order valence-electron chi connectivity index (χ3n) is 6.59. The van der Waals surface area contributed by atoms with Crippen LogP contribution in [0.3, 0.4) is 0 Å². The molecule has 0 amide bonds. The number of ether oxygens (including phenoxy) is 6. The van der Waals surface area contributed by atoms with Gasteiger partial charge in [0, 0.05) is 45.5 Å². The number of carbonyl (C=O) groups is 5. The molecule has 16 heteroatoms. The van der Waals surface area contributed by atoms with Gasteiger partial charge < -0.3 is 38.4 Å². The number of benzene rings is 1. The number of fused-ring (bicyclic) bond motifs is 1. The molecule has 6 atom stereocenters. The second kappa shape index (κ2) is 12.5. The highest BCUT2D eigenvalue weighted by Crippen LogP contribution is 2.43. The maximum Gasteiger partial charge on any atom is 0.432 e. The molecule has 1 aromatic rings. The Morgan fingerprint density at radius 1 is 0.929 bits per heavy atom. The maximum atomic E-state index is 13.8. The molecule has 1 aromatic carbocycles. The maximum absolute atomic E-state index is 13.8. The van der Waals surface area contributed by atoms with Crippen LogP contribution < -0.4 is 4.90 Å². The zero-order chi connectivity index (χ0) is 31.6. The Morgan fingerprint density at radius 3 is 2.02 bits per heavy atom. The van der Waals surface area contributed by atoms with E-state index >= 15 is 0 Å². The van der Waals surface area contributed by atoms with Crippen molar-refractivity contribution >= 4 is 35.5 Å². The van der Waals surface area contributed by atoms with Gasteiger partial charge in [-0.15, -0.1) is 0 Å². The van der Waals surface area contributed by atoms with E-state index in [1.54, 1.807) is 0 Å². The van der Waals surface area contributed by atoms with E-state index in [0.29, 0.717) is 7.11 Å². The Kier molecular flexibility index (Phi) is 9.72. The minimum Gasteiger partial charge on any atom is -0.466 e. The van der Waals surface area contributed by atoms with Crippen LogP contribution in [0.1, 0.15) is 38.8 Å². The summed E-state index contributed by atoms with van der Waals surface area (Å²) in [4.78, 5) is 61.2. The first-order valence-electron chi connectivity index (χ1n) is 12.6. The quantitative estimate of drug-likeness (QED) is 0.331. The summed E-state index contributed by atoms with van der Waals surface area (Å²) in [5.74, 6) is -5.10. The predicted molar refractivity (Wildman–Crippen MR) is 131 cm³/mol. The minimum atomic E-state index is -5.41. The summed E-state index contributed by atoms with van der Waals surface area (Å²) >= 11 is 0. The van der Waals surface area contributed by atoms with Crippen LogP contribution in [0, 0.1) is 0 Å². The average molecular weight is 606 g/mol. The molecule has 0 aromatic heterocycles. The van der Waals surface area contributed by atoms with Crippen molar-refractivity contribution in [3.63, 3.8) is 0 Å². The van der Waals surface area contributed by atoms with Crippen LogP contribution in [0.2, 0.25) is 0 Å². The molecule has 0 saturated carbocycles. The highest BCUT2D eigenvalue weighted by atomic mass is 19.4. The van der Waals surface area contributed by atoms with Crippen LogP contribution in [0.25, 0.3) is 0 Å². The van der Waals surface area contributed by atoms with Crippen molar-refractivity contribution in [2.75, 3.05) is 25.2 Å². The summed E-state index contributed by atoms with van der Waals surface area (Å²) in [6.07, 6.45) is -12.1. The monoisotopic (exact) mass is 605 g/mol. The van der Waals surface area contributed by atoms with Gasteiger partial charge in [-0.2, -0.15) is 13.2 Å². The van der Waals surface area contributed by atoms with Gasteiger partial charge in [-0.1, -0.05) is 6.07 Å². The first-order chi connectivity index (χ1) is 19.5. The van der Waals surface area contributed by atoms with E-state index in [1.165, 1.54) is 11.0 Å². The third-order valence-corrected chi connectivity index (χ3v) is 6.59. The number of alkyl halides is 3. The standard InChI is InChI=1S/C26H30F3NO12/c1-12(31)38-11-19-20(39-13(2)32)21(40-14(3)33)22(41-15(4)34)23(42-19)30-9-8-16-10-17(6-7-18(16)30)25(36,24(35)37-5)26(27,28)29/h6-7,10,19-23,36H,8-9,11H2,1-5H3/t19-,20-,21-,22-,23+,25+/m0/s1. The molecule has 0 radical (unpaired) electrons. The van der Waals surface area contributed by atoms with Crippen LogP contribution in [-0.2, 0) is 64.4 Å². The molecule has 0 spiro atoms. The number of aliphatic hydroxyl groups is 1. The molecule has 2 heterocycles. The Hall–Kier alpha value is -3.92. The molecular weight excluding hydrogens is 575 g/mol. The fourth-order valence-electron chi connectivity index (χ4n) is 4.92. The smallest absolute Gasteiger partial charge is 0.432 e. The average Bonchev–Trinajstić information content (AvgIpc) is 3.30. The number of rotatable bonds is 8. The van der Waals surface area contributed by atoms with Crippen LogP contribution in [0.15, 0.2) is 18.2 Å². The van der Waals surface area contributed by atoms with Crippen molar-refractivity contribution in [2.45, 2.75) is 76.5 Å². The van der Waals surface area contributed by atoms with Gasteiger partial charge in [0.05, 0.1) is 7.11 Å². The van der Waals surface area contributed by atoms with Crippen LogP contribution >= 0.6 is 0 Å². The van der Waals surface area contributed by atoms with Crippen molar-refractivity contribution in [2.24, 2.45) is 0 Å². The van der Waals surface area contributed by atoms with Crippen molar-refractivity contribution in [1.29, 1.82) is 0 Å². The summed E-state index contributed by atoms with van der Waals surface area (Å²) < 4.78 is 73.1. The first kappa shape index (κ1) is 32.6. The third kappa shape index (κ3) is 6.59. The molecule has 0 bridgehead atoms. The van der Waals surface area contributed by atoms with Crippen LogP contribution in [0.4, 0.5) is 18.9 Å². The van der Waals surface area contributed by atoms with E-state index < -0.39 is 84.4 Å². The lowest BCUT2D eigenvalue weighted by atomic mass is 9.91. The van der Waals surface area contributed by atoms with Crippen molar-refractivity contribution in [1.82, 2.24) is 0 Å². The molecule has 42 heavy (non-hydrogen) atoms. The van der Waals surface area contributed by atoms with Gasteiger partial charge in [-0.05, 0) is 24.1 Å². The number of nitrogens with zero attached hydrogens (tertiary/aromatic N) is 1. The summed E-state index contributed by atoms with van der Waals surface area (Å²) in [6, 6.07) is 3.07. The van der Waals surface area contributed by atoms with E-state index in [1.807, 2.05) is 0 Å². The summed E-state index contributed by atoms with van der Waals surface area (Å²) in [5, 5.41) is 10.4. The largest absolute Gasteiger partial charge is 0.466 e. The molecule has 2 aliphatic rings. The van der Waals surface area contributed by atoms with E-state index in [4.69, 9.17) is 23.7 Å². The topological polar surface area (TPSA) is 164 Å². The summed E-state index contributed by atoms with van der Waals surface area (Å²) in [6.45, 7) is 3.93. The lowest BCUT2D eigenvalue weighted by Crippen LogP contribution is -2.66. The fourth-order valence-corrected chi connectivity index (χ4v) is 4.92. The van der Waals surface area contributed by atoms with Crippen LogP contribution in [-0.4, -0.2) is 92.0 Å². The normalized spacial score (nSPS) is 25.0. The van der Waals surface area contributed by atoms with Gasteiger partial charge >= 0.3 is 36.0 Å².